The highest BCUT2D eigenvalue weighted by Gasteiger charge is 2.33. The van der Waals surface area contributed by atoms with Crippen LogP contribution in [0, 0.1) is 0 Å². The Morgan fingerprint density at radius 2 is 2.19 bits per heavy atom. The first-order chi connectivity index (χ1) is 10.1. The van der Waals surface area contributed by atoms with Gasteiger partial charge in [-0.25, -0.2) is 18.4 Å². The summed E-state index contributed by atoms with van der Waals surface area (Å²) >= 11 is 1.60. The third kappa shape index (κ3) is 2.16. The number of hydrogen-bond acceptors (Lipinski definition) is 5. The number of fused-ring (bicyclic) bond motifs is 1. The average molecular weight is 319 g/mol. The molecule has 1 unspecified atom stereocenters. The molecule has 0 aromatic carbocycles. The van der Waals surface area contributed by atoms with E-state index in [1.165, 1.54) is 0 Å². The van der Waals surface area contributed by atoms with Gasteiger partial charge in [0.1, 0.15) is 16.3 Å². The largest absolute Gasteiger partial charge is 0.271 e. The van der Waals surface area contributed by atoms with Crippen LogP contribution in [0.3, 0.4) is 0 Å². The molecule has 1 aliphatic rings. The average Bonchev–Trinajstić information content (AvgIpc) is 3.15. The molecule has 0 spiro atoms. The number of nitrogens with zero attached hydrogens (tertiary/aromatic N) is 3. The Morgan fingerprint density at radius 1 is 1.29 bits per heavy atom. The first-order valence-electron chi connectivity index (χ1n) is 6.72. The van der Waals surface area contributed by atoms with Gasteiger partial charge in [-0.05, 0) is 36.1 Å². The minimum absolute atomic E-state index is 0.0497. The van der Waals surface area contributed by atoms with E-state index in [4.69, 9.17) is 0 Å². The van der Waals surface area contributed by atoms with E-state index >= 15 is 0 Å². The van der Waals surface area contributed by atoms with Crippen molar-refractivity contribution in [2.45, 2.75) is 12.3 Å². The van der Waals surface area contributed by atoms with Crippen LogP contribution in [0.5, 0.6) is 0 Å². The fourth-order valence-corrected chi connectivity index (χ4v) is 5.30. The summed E-state index contributed by atoms with van der Waals surface area (Å²) in [7, 11) is -2.94. The molecule has 7 heteroatoms. The SMILES string of the molecule is O=S1(=O)CCC(c2nc3cccnc3n2-c2cccs2)C1. The van der Waals surface area contributed by atoms with Crippen LogP contribution in [-0.2, 0) is 9.84 Å². The zero-order chi connectivity index (χ0) is 14.4. The zero-order valence-electron chi connectivity index (χ0n) is 11.1. The molecule has 4 heterocycles. The summed E-state index contributed by atoms with van der Waals surface area (Å²) in [4.78, 5) is 9.08. The lowest BCUT2D eigenvalue weighted by molar-refractivity contribution is 0.601. The Balaban J connectivity index is 1.94. The molecule has 108 valence electrons. The van der Waals surface area contributed by atoms with Gasteiger partial charge in [0.25, 0.3) is 0 Å². The lowest BCUT2D eigenvalue weighted by Crippen LogP contribution is -2.09. The van der Waals surface area contributed by atoms with Crippen LogP contribution >= 0.6 is 11.3 Å². The van der Waals surface area contributed by atoms with Gasteiger partial charge in [0.15, 0.2) is 15.5 Å². The molecule has 0 amide bonds. The van der Waals surface area contributed by atoms with Gasteiger partial charge in [-0.2, -0.15) is 0 Å². The lowest BCUT2D eigenvalue weighted by Gasteiger charge is -2.10. The maximum Gasteiger partial charge on any atom is 0.165 e. The van der Waals surface area contributed by atoms with Crippen LogP contribution in [0.25, 0.3) is 16.2 Å². The fourth-order valence-electron chi connectivity index (χ4n) is 2.82. The van der Waals surface area contributed by atoms with Crippen molar-refractivity contribution in [3.05, 3.63) is 41.7 Å². The van der Waals surface area contributed by atoms with Crippen LogP contribution < -0.4 is 0 Å². The number of imidazole rings is 1. The monoisotopic (exact) mass is 319 g/mol. The van der Waals surface area contributed by atoms with Crippen LogP contribution in [0.4, 0.5) is 0 Å². The highest BCUT2D eigenvalue weighted by atomic mass is 32.2. The van der Waals surface area contributed by atoms with Crippen LogP contribution in [0.1, 0.15) is 18.2 Å². The normalized spacial score (nSPS) is 21.0. The first-order valence-corrected chi connectivity index (χ1v) is 9.42. The molecule has 1 atom stereocenters. The van der Waals surface area contributed by atoms with Gasteiger partial charge >= 0.3 is 0 Å². The molecule has 1 aliphatic heterocycles. The van der Waals surface area contributed by atoms with E-state index in [-0.39, 0.29) is 17.4 Å². The molecule has 5 nitrogen and oxygen atoms in total. The Morgan fingerprint density at radius 3 is 2.90 bits per heavy atom. The van der Waals surface area contributed by atoms with Crippen molar-refractivity contribution in [1.29, 1.82) is 0 Å². The smallest absolute Gasteiger partial charge is 0.165 e. The molecule has 3 aromatic rings. The van der Waals surface area contributed by atoms with E-state index in [1.807, 2.05) is 34.2 Å². The number of pyridine rings is 1. The number of thiophene rings is 1. The molecular formula is C14H13N3O2S2. The van der Waals surface area contributed by atoms with Gasteiger partial charge in [0.05, 0.1) is 11.5 Å². The highest BCUT2D eigenvalue weighted by Crippen LogP contribution is 2.33. The fraction of sp³-hybridized carbons (Fsp3) is 0.286. The molecule has 0 bridgehead atoms. The van der Waals surface area contributed by atoms with Gasteiger partial charge < -0.3 is 0 Å². The molecule has 3 aromatic heterocycles. The number of aromatic nitrogens is 3. The van der Waals surface area contributed by atoms with E-state index < -0.39 is 9.84 Å². The summed E-state index contributed by atoms with van der Waals surface area (Å²) in [6.07, 6.45) is 2.38. The van der Waals surface area contributed by atoms with Gasteiger partial charge in [-0.1, -0.05) is 0 Å². The second kappa shape index (κ2) is 4.64. The first kappa shape index (κ1) is 13.0. The molecule has 1 fully saturated rings. The number of hydrogen-bond donors (Lipinski definition) is 0. The maximum atomic E-state index is 11.8. The molecular weight excluding hydrogens is 306 g/mol. The van der Waals surface area contributed by atoms with Crippen molar-refractivity contribution in [3.8, 4) is 5.00 Å². The maximum absolute atomic E-state index is 11.8. The summed E-state index contributed by atoms with van der Waals surface area (Å²) in [5.41, 5.74) is 1.60. The van der Waals surface area contributed by atoms with Crippen molar-refractivity contribution in [3.63, 3.8) is 0 Å². The summed E-state index contributed by atoms with van der Waals surface area (Å²) in [5.74, 6) is 1.19. The van der Waals surface area contributed by atoms with Crippen molar-refractivity contribution in [2.24, 2.45) is 0 Å². The van der Waals surface area contributed by atoms with E-state index in [9.17, 15) is 8.42 Å². The van der Waals surface area contributed by atoms with Crippen molar-refractivity contribution in [2.75, 3.05) is 11.5 Å². The second-order valence-electron chi connectivity index (χ2n) is 5.20. The van der Waals surface area contributed by atoms with E-state index in [0.29, 0.717) is 6.42 Å². The van der Waals surface area contributed by atoms with Crippen LogP contribution in [-0.4, -0.2) is 34.5 Å². The van der Waals surface area contributed by atoms with Crippen LogP contribution in [0.2, 0.25) is 0 Å². The zero-order valence-corrected chi connectivity index (χ0v) is 12.8. The van der Waals surface area contributed by atoms with Gasteiger partial charge in [-0.3, -0.25) is 4.57 Å². The van der Waals surface area contributed by atoms with Crippen molar-refractivity contribution in [1.82, 2.24) is 14.5 Å². The molecule has 0 aliphatic carbocycles. The third-order valence-electron chi connectivity index (χ3n) is 3.77. The Kier molecular flexibility index (Phi) is 2.87. The molecule has 0 N–H and O–H groups in total. The molecule has 4 rings (SSSR count). The van der Waals surface area contributed by atoms with Crippen molar-refractivity contribution < 1.29 is 8.42 Å². The van der Waals surface area contributed by atoms with Gasteiger partial charge in [0, 0.05) is 12.1 Å². The Bertz CT molecular complexity index is 898. The molecule has 1 saturated heterocycles. The van der Waals surface area contributed by atoms with E-state index in [2.05, 4.69) is 9.97 Å². The highest BCUT2D eigenvalue weighted by molar-refractivity contribution is 7.91. The molecule has 0 saturated carbocycles. The minimum Gasteiger partial charge on any atom is -0.271 e. The summed E-state index contributed by atoms with van der Waals surface area (Å²) in [6, 6.07) is 7.75. The summed E-state index contributed by atoms with van der Waals surface area (Å²) < 4.78 is 25.6. The van der Waals surface area contributed by atoms with Crippen molar-refractivity contribution >= 4 is 32.3 Å². The third-order valence-corrected chi connectivity index (χ3v) is 6.39. The Labute approximate surface area is 126 Å². The predicted molar refractivity (Wildman–Crippen MR) is 82.8 cm³/mol. The summed E-state index contributed by atoms with van der Waals surface area (Å²) in [6.45, 7) is 0. The number of sulfone groups is 1. The molecule has 0 radical (unpaired) electrons. The van der Waals surface area contributed by atoms with Gasteiger partial charge in [-0.15, -0.1) is 11.3 Å². The molecule has 21 heavy (non-hydrogen) atoms. The second-order valence-corrected chi connectivity index (χ2v) is 8.36. The van der Waals surface area contributed by atoms with E-state index in [1.54, 1.807) is 17.5 Å². The van der Waals surface area contributed by atoms with Gasteiger partial charge in [0.2, 0.25) is 0 Å². The minimum atomic E-state index is -2.94. The van der Waals surface area contributed by atoms with Crippen LogP contribution in [0.15, 0.2) is 35.8 Å². The quantitative estimate of drug-likeness (QED) is 0.727. The topological polar surface area (TPSA) is 64.8 Å². The lowest BCUT2D eigenvalue weighted by atomic mass is 10.1. The number of rotatable bonds is 2. The summed E-state index contributed by atoms with van der Waals surface area (Å²) in [5, 5.41) is 3.02. The van der Waals surface area contributed by atoms with E-state index in [0.717, 1.165) is 22.0 Å². The standard InChI is InChI=1S/C14H13N3O2S2/c18-21(19)8-5-10(9-21)13-16-11-3-1-6-15-14(11)17(13)12-4-2-7-20-12/h1-4,6-7,10H,5,8-9H2. The Hall–Kier alpha value is -1.73. The predicted octanol–water partition coefficient (Wildman–Crippen LogP) is 2.38.